The molecule has 128 valence electrons. The van der Waals surface area contributed by atoms with Crippen LogP contribution in [-0.4, -0.2) is 53.2 Å². The number of pyridine rings is 1. The maximum Gasteiger partial charge on any atom is 0.167 e. The molecule has 0 saturated heterocycles. The van der Waals surface area contributed by atoms with E-state index in [0.717, 1.165) is 27.7 Å². The molecule has 0 amide bonds. The fraction of sp³-hybridized carbons (Fsp3) is 0.235. The van der Waals surface area contributed by atoms with Crippen molar-refractivity contribution in [3.05, 3.63) is 64.0 Å². The van der Waals surface area contributed by atoms with Crippen molar-refractivity contribution in [2.75, 3.05) is 20.6 Å². The molecule has 2 aliphatic rings. The molecule has 3 N–H and O–H groups in total. The van der Waals surface area contributed by atoms with E-state index in [1.165, 1.54) is 0 Å². The third kappa shape index (κ3) is 2.90. The highest BCUT2D eigenvalue weighted by molar-refractivity contribution is 7.12. The number of amidine groups is 1. The van der Waals surface area contributed by atoms with Gasteiger partial charge in [0.15, 0.2) is 12.0 Å². The lowest BCUT2D eigenvalue weighted by Gasteiger charge is -2.30. The molecule has 2 aliphatic heterocycles. The number of aromatic nitrogens is 1. The number of hydrogen-bond donors (Lipinski definition) is 2. The summed E-state index contributed by atoms with van der Waals surface area (Å²) in [6, 6.07) is 7.98. The number of thiophene rings is 1. The SMILES string of the molecule is CN1CC(c2cccnc2)=NC(C2N=C(c3cccs3)NN2C)=C1N. The van der Waals surface area contributed by atoms with Crippen molar-refractivity contribution in [1.29, 1.82) is 0 Å². The van der Waals surface area contributed by atoms with E-state index in [4.69, 9.17) is 15.7 Å². The Labute approximate surface area is 150 Å². The average molecular weight is 353 g/mol. The molecular formula is C17H19N7S. The normalized spacial score (nSPS) is 21.2. The van der Waals surface area contributed by atoms with Crippen LogP contribution in [0.4, 0.5) is 0 Å². The van der Waals surface area contributed by atoms with E-state index < -0.39 is 0 Å². The summed E-state index contributed by atoms with van der Waals surface area (Å²) in [6.45, 7) is 0.645. The largest absolute Gasteiger partial charge is 0.384 e. The van der Waals surface area contributed by atoms with Crippen LogP contribution in [0.3, 0.4) is 0 Å². The highest BCUT2D eigenvalue weighted by Gasteiger charge is 2.32. The van der Waals surface area contributed by atoms with Gasteiger partial charge in [0.05, 0.1) is 17.1 Å². The summed E-state index contributed by atoms with van der Waals surface area (Å²) >= 11 is 1.65. The lowest BCUT2D eigenvalue weighted by molar-refractivity contribution is 0.259. The Morgan fingerprint density at radius 2 is 2.16 bits per heavy atom. The zero-order valence-corrected chi connectivity index (χ0v) is 14.9. The van der Waals surface area contributed by atoms with E-state index in [9.17, 15) is 0 Å². The fourth-order valence-electron chi connectivity index (χ4n) is 2.87. The van der Waals surface area contributed by atoms with Gasteiger partial charge in [0.1, 0.15) is 11.5 Å². The zero-order valence-electron chi connectivity index (χ0n) is 14.0. The second-order valence-electron chi connectivity index (χ2n) is 5.98. The van der Waals surface area contributed by atoms with Crippen LogP contribution in [0.5, 0.6) is 0 Å². The van der Waals surface area contributed by atoms with Crippen LogP contribution in [0.2, 0.25) is 0 Å². The molecule has 0 fully saturated rings. The van der Waals surface area contributed by atoms with E-state index in [1.54, 1.807) is 17.5 Å². The Morgan fingerprint density at radius 3 is 2.88 bits per heavy atom. The first-order chi connectivity index (χ1) is 12.1. The van der Waals surface area contributed by atoms with Gasteiger partial charge in [-0.1, -0.05) is 12.1 Å². The van der Waals surface area contributed by atoms with Crippen LogP contribution in [0.15, 0.2) is 63.5 Å². The molecule has 8 heteroatoms. The molecule has 4 heterocycles. The van der Waals surface area contributed by atoms with Crippen LogP contribution in [0.25, 0.3) is 0 Å². The van der Waals surface area contributed by atoms with Crippen molar-refractivity contribution in [2.24, 2.45) is 15.7 Å². The summed E-state index contributed by atoms with van der Waals surface area (Å²) in [5, 5.41) is 3.97. The number of hydrogen-bond acceptors (Lipinski definition) is 8. The van der Waals surface area contributed by atoms with Crippen molar-refractivity contribution < 1.29 is 0 Å². The highest BCUT2D eigenvalue weighted by atomic mass is 32.1. The molecule has 1 unspecified atom stereocenters. The number of nitrogens with one attached hydrogen (secondary N) is 1. The van der Waals surface area contributed by atoms with Gasteiger partial charge in [0.25, 0.3) is 0 Å². The van der Waals surface area contributed by atoms with Crippen LogP contribution >= 0.6 is 11.3 Å². The fourth-order valence-corrected chi connectivity index (χ4v) is 3.54. The minimum atomic E-state index is -0.272. The first-order valence-electron chi connectivity index (χ1n) is 7.93. The van der Waals surface area contributed by atoms with Crippen LogP contribution in [0.1, 0.15) is 10.4 Å². The zero-order chi connectivity index (χ0) is 17.4. The van der Waals surface area contributed by atoms with Gasteiger partial charge >= 0.3 is 0 Å². The molecule has 4 rings (SSSR count). The molecule has 0 radical (unpaired) electrons. The van der Waals surface area contributed by atoms with Gasteiger partial charge in [-0.05, 0) is 17.5 Å². The van der Waals surface area contributed by atoms with Crippen molar-refractivity contribution in [3.8, 4) is 0 Å². The number of rotatable bonds is 3. The van der Waals surface area contributed by atoms with E-state index in [-0.39, 0.29) is 6.17 Å². The standard InChI is InChI=1S/C17H19N7S/c1-23-10-12(11-5-3-7-19-9-11)20-14(15(23)18)17-21-16(22-24(17)2)13-6-4-8-25-13/h3-9,17H,10,18H2,1-2H3,(H,21,22). The third-order valence-corrected chi connectivity index (χ3v) is 5.09. The summed E-state index contributed by atoms with van der Waals surface area (Å²) in [7, 11) is 3.91. The maximum atomic E-state index is 6.33. The van der Waals surface area contributed by atoms with E-state index >= 15 is 0 Å². The summed E-state index contributed by atoms with van der Waals surface area (Å²) in [5.41, 5.74) is 12.3. The summed E-state index contributed by atoms with van der Waals surface area (Å²) in [4.78, 5) is 16.9. The van der Waals surface area contributed by atoms with Crippen LogP contribution in [0, 0.1) is 0 Å². The quantitative estimate of drug-likeness (QED) is 0.867. The number of hydrazine groups is 1. The Bertz CT molecular complexity index is 854. The summed E-state index contributed by atoms with van der Waals surface area (Å²) in [5.74, 6) is 1.48. The van der Waals surface area contributed by atoms with Crippen molar-refractivity contribution in [1.82, 2.24) is 20.3 Å². The molecule has 0 aromatic carbocycles. The van der Waals surface area contributed by atoms with Crippen molar-refractivity contribution in [2.45, 2.75) is 6.17 Å². The molecule has 7 nitrogen and oxygen atoms in total. The Hall–Kier alpha value is -2.71. The van der Waals surface area contributed by atoms with Gasteiger partial charge in [-0.15, -0.1) is 11.3 Å². The number of nitrogens with zero attached hydrogens (tertiary/aromatic N) is 5. The predicted molar refractivity (Wildman–Crippen MR) is 100 cm³/mol. The summed E-state index contributed by atoms with van der Waals surface area (Å²) < 4.78 is 0. The van der Waals surface area contributed by atoms with Gasteiger partial charge in [-0.25, -0.2) is 9.98 Å². The van der Waals surface area contributed by atoms with E-state index in [2.05, 4.69) is 10.4 Å². The summed E-state index contributed by atoms with van der Waals surface area (Å²) in [6.07, 6.45) is 3.31. The van der Waals surface area contributed by atoms with E-state index in [0.29, 0.717) is 12.4 Å². The molecule has 0 bridgehead atoms. The van der Waals surface area contributed by atoms with Gasteiger partial charge in [-0.3, -0.25) is 4.98 Å². The van der Waals surface area contributed by atoms with Crippen LogP contribution in [-0.2, 0) is 0 Å². The van der Waals surface area contributed by atoms with Gasteiger partial charge in [-0.2, -0.15) is 5.01 Å². The highest BCUT2D eigenvalue weighted by Crippen LogP contribution is 2.25. The predicted octanol–water partition coefficient (Wildman–Crippen LogP) is 1.23. The first kappa shape index (κ1) is 15.8. The molecule has 0 aliphatic carbocycles. The molecule has 2 aromatic rings. The number of aliphatic imine (C=N–C) groups is 2. The Kier molecular flexibility index (Phi) is 3.98. The van der Waals surface area contributed by atoms with Gasteiger partial charge in [0.2, 0.25) is 0 Å². The van der Waals surface area contributed by atoms with Gasteiger partial charge in [0, 0.05) is 32.1 Å². The smallest absolute Gasteiger partial charge is 0.167 e. The van der Waals surface area contributed by atoms with E-state index in [1.807, 2.05) is 59.8 Å². The van der Waals surface area contributed by atoms with Crippen LogP contribution < -0.4 is 11.2 Å². The lowest BCUT2D eigenvalue weighted by atomic mass is 10.1. The molecular weight excluding hydrogens is 334 g/mol. The van der Waals surface area contributed by atoms with Crippen molar-refractivity contribution >= 4 is 22.9 Å². The molecule has 0 saturated carbocycles. The topological polar surface area (TPSA) is 82.1 Å². The van der Waals surface area contributed by atoms with Crippen molar-refractivity contribution in [3.63, 3.8) is 0 Å². The first-order valence-corrected chi connectivity index (χ1v) is 8.81. The Morgan fingerprint density at radius 1 is 1.28 bits per heavy atom. The number of nitrogens with two attached hydrogens (primary N) is 1. The second kappa shape index (κ2) is 6.30. The average Bonchev–Trinajstić information content (AvgIpc) is 3.28. The second-order valence-corrected chi connectivity index (χ2v) is 6.93. The minimum Gasteiger partial charge on any atom is -0.384 e. The number of likely N-dealkylation sites (N-methyl/N-ethyl adjacent to an activating group) is 2. The van der Waals surface area contributed by atoms with Gasteiger partial charge < -0.3 is 16.1 Å². The maximum absolute atomic E-state index is 6.33. The monoisotopic (exact) mass is 353 g/mol. The molecule has 1 atom stereocenters. The lowest BCUT2D eigenvalue weighted by Crippen LogP contribution is -2.42. The molecule has 2 aromatic heterocycles. The third-order valence-electron chi connectivity index (χ3n) is 4.21. The minimum absolute atomic E-state index is 0.272. The Balaban J connectivity index is 1.72. The molecule has 0 spiro atoms. The molecule has 25 heavy (non-hydrogen) atoms.